The van der Waals surface area contributed by atoms with Gasteiger partial charge in [-0.25, -0.2) is 13.4 Å². The lowest BCUT2D eigenvalue weighted by Gasteiger charge is -2.14. The van der Waals surface area contributed by atoms with Crippen molar-refractivity contribution in [2.75, 3.05) is 0 Å². The van der Waals surface area contributed by atoms with Gasteiger partial charge in [0.25, 0.3) is 0 Å². The molecule has 0 saturated carbocycles. The van der Waals surface area contributed by atoms with Crippen LogP contribution in [0.25, 0.3) is 5.69 Å². The lowest BCUT2D eigenvalue weighted by Crippen LogP contribution is -2.34. The molecule has 2 N–H and O–H groups in total. The van der Waals surface area contributed by atoms with E-state index in [0.717, 1.165) is 11.1 Å². The fourth-order valence-corrected chi connectivity index (χ4v) is 3.24. The summed E-state index contributed by atoms with van der Waals surface area (Å²) < 4.78 is 26.4. The molecule has 21 heavy (non-hydrogen) atoms. The van der Waals surface area contributed by atoms with E-state index >= 15 is 0 Å². The van der Waals surface area contributed by atoms with E-state index in [9.17, 15) is 13.2 Å². The number of imidazole rings is 1. The van der Waals surface area contributed by atoms with Crippen LogP contribution in [0, 0.1) is 13.8 Å². The summed E-state index contributed by atoms with van der Waals surface area (Å²) in [4.78, 5) is 15.1. The Morgan fingerprint density at radius 3 is 2.62 bits per heavy atom. The molecule has 1 aromatic heterocycles. The zero-order valence-electron chi connectivity index (χ0n) is 12.1. The summed E-state index contributed by atoms with van der Waals surface area (Å²) in [5.74, 6) is -0.898. The average Bonchev–Trinajstić information content (AvgIpc) is 2.90. The first-order chi connectivity index (χ1) is 9.75. The van der Waals surface area contributed by atoms with Crippen LogP contribution in [0.4, 0.5) is 0 Å². The Bertz CT molecular complexity index is 794. The van der Waals surface area contributed by atoms with E-state index in [2.05, 4.69) is 4.98 Å². The number of carbonyl (C=O) groups is 1. The Hall–Kier alpha value is -2.15. The van der Waals surface area contributed by atoms with Crippen molar-refractivity contribution in [2.24, 2.45) is 5.73 Å². The lowest BCUT2D eigenvalue weighted by atomic mass is 10.1. The molecule has 0 bridgehead atoms. The van der Waals surface area contributed by atoms with Crippen LogP contribution < -0.4 is 5.73 Å². The number of aromatic nitrogens is 2. The van der Waals surface area contributed by atoms with Crippen LogP contribution in [-0.2, 0) is 14.6 Å². The highest BCUT2D eigenvalue weighted by Crippen LogP contribution is 2.22. The molecule has 1 atom stereocenters. The molecule has 0 fully saturated rings. The molecule has 0 aliphatic heterocycles. The quantitative estimate of drug-likeness (QED) is 0.916. The van der Waals surface area contributed by atoms with Crippen LogP contribution >= 0.6 is 0 Å². The molecule has 0 radical (unpaired) electrons. The fourth-order valence-electron chi connectivity index (χ4n) is 1.97. The Morgan fingerprint density at radius 2 is 2.00 bits per heavy atom. The van der Waals surface area contributed by atoms with Crippen LogP contribution in [-0.4, -0.2) is 29.1 Å². The number of primary amides is 1. The van der Waals surface area contributed by atoms with E-state index < -0.39 is 21.0 Å². The number of aryl methyl sites for hydroxylation is 2. The molecule has 0 saturated heterocycles. The second-order valence-corrected chi connectivity index (χ2v) is 7.12. The van der Waals surface area contributed by atoms with Gasteiger partial charge in [0.15, 0.2) is 0 Å². The first-order valence-corrected chi connectivity index (χ1v) is 7.94. The SMILES string of the molecule is Cc1ccc(C)c(-n2ccnc2S(=O)(=O)C(C)C(N)=O)c1. The molecule has 2 rings (SSSR count). The zero-order chi connectivity index (χ0) is 15.8. The number of rotatable bonds is 4. The number of hydrogen-bond acceptors (Lipinski definition) is 4. The van der Waals surface area contributed by atoms with Crippen molar-refractivity contribution in [3.05, 3.63) is 41.7 Å². The van der Waals surface area contributed by atoms with Gasteiger partial charge in [0.2, 0.25) is 20.9 Å². The van der Waals surface area contributed by atoms with Gasteiger partial charge in [-0.2, -0.15) is 0 Å². The van der Waals surface area contributed by atoms with Gasteiger partial charge in [-0.1, -0.05) is 12.1 Å². The predicted molar refractivity (Wildman–Crippen MR) is 78.9 cm³/mol. The first-order valence-electron chi connectivity index (χ1n) is 6.39. The molecule has 1 heterocycles. The van der Waals surface area contributed by atoms with Crippen LogP contribution in [0.2, 0.25) is 0 Å². The molecule has 7 heteroatoms. The van der Waals surface area contributed by atoms with E-state index in [4.69, 9.17) is 5.73 Å². The van der Waals surface area contributed by atoms with Crippen molar-refractivity contribution in [2.45, 2.75) is 31.2 Å². The number of nitrogens with zero attached hydrogens (tertiary/aromatic N) is 2. The van der Waals surface area contributed by atoms with Gasteiger partial charge in [-0.05, 0) is 38.0 Å². The molecule has 1 unspecified atom stereocenters. The van der Waals surface area contributed by atoms with Crippen LogP contribution in [0.3, 0.4) is 0 Å². The molecule has 1 amide bonds. The maximum Gasteiger partial charge on any atom is 0.235 e. The average molecular weight is 307 g/mol. The monoisotopic (exact) mass is 307 g/mol. The second-order valence-electron chi connectivity index (χ2n) is 4.96. The van der Waals surface area contributed by atoms with E-state index in [1.165, 1.54) is 17.7 Å². The number of amides is 1. The van der Waals surface area contributed by atoms with Crippen molar-refractivity contribution < 1.29 is 13.2 Å². The molecule has 6 nitrogen and oxygen atoms in total. The maximum atomic E-state index is 12.4. The summed E-state index contributed by atoms with van der Waals surface area (Å²) in [6.07, 6.45) is 2.95. The van der Waals surface area contributed by atoms with Crippen molar-refractivity contribution >= 4 is 15.7 Å². The smallest absolute Gasteiger partial charge is 0.235 e. The number of benzene rings is 1. The van der Waals surface area contributed by atoms with Gasteiger partial charge in [-0.15, -0.1) is 0 Å². The van der Waals surface area contributed by atoms with Crippen molar-refractivity contribution in [3.8, 4) is 5.69 Å². The highest BCUT2D eigenvalue weighted by atomic mass is 32.2. The summed E-state index contributed by atoms with van der Waals surface area (Å²) >= 11 is 0. The standard InChI is InChI=1S/C14H17N3O3S/c1-9-4-5-10(2)12(8-9)17-7-6-16-14(17)21(19,20)11(3)13(15)18/h4-8,11H,1-3H3,(H2,15,18). The van der Waals surface area contributed by atoms with Crippen molar-refractivity contribution in [3.63, 3.8) is 0 Å². The summed E-state index contributed by atoms with van der Waals surface area (Å²) in [7, 11) is -3.93. The molecule has 0 spiro atoms. The van der Waals surface area contributed by atoms with Crippen LogP contribution in [0.15, 0.2) is 35.7 Å². The normalized spacial score (nSPS) is 13.1. The molecule has 2 aromatic rings. The summed E-state index contributed by atoms with van der Waals surface area (Å²) in [5.41, 5.74) is 7.73. The number of hydrogen-bond donors (Lipinski definition) is 1. The Balaban J connectivity index is 2.64. The topological polar surface area (TPSA) is 95.1 Å². The third-order valence-corrected chi connectivity index (χ3v) is 5.33. The van der Waals surface area contributed by atoms with Gasteiger partial charge in [0.05, 0.1) is 5.69 Å². The summed E-state index contributed by atoms with van der Waals surface area (Å²) in [6.45, 7) is 5.06. The van der Waals surface area contributed by atoms with Crippen LogP contribution in [0.1, 0.15) is 18.1 Å². The molecular formula is C14H17N3O3S. The molecule has 0 aliphatic carbocycles. The molecular weight excluding hydrogens is 290 g/mol. The van der Waals surface area contributed by atoms with Crippen LogP contribution in [0.5, 0.6) is 0 Å². The molecule has 112 valence electrons. The molecule has 0 aliphatic rings. The summed E-state index contributed by atoms with van der Waals surface area (Å²) in [6, 6.07) is 5.71. The minimum absolute atomic E-state index is 0.178. The Kier molecular flexibility index (Phi) is 3.87. The second kappa shape index (κ2) is 5.33. The van der Waals surface area contributed by atoms with Crippen molar-refractivity contribution in [1.29, 1.82) is 0 Å². The largest absolute Gasteiger partial charge is 0.369 e. The Morgan fingerprint density at radius 1 is 1.33 bits per heavy atom. The van der Waals surface area contributed by atoms with Crippen molar-refractivity contribution in [1.82, 2.24) is 9.55 Å². The van der Waals surface area contributed by atoms with E-state index in [0.29, 0.717) is 5.69 Å². The number of sulfone groups is 1. The van der Waals surface area contributed by atoms with Gasteiger partial charge < -0.3 is 5.73 Å². The zero-order valence-corrected chi connectivity index (χ0v) is 12.9. The highest BCUT2D eigenvalue weighted by molar-refractivity contribution is 7.92. The van der Waals surface area contributed by atoms with Gasteiger partial charge >= 0.3 is 0 Å². The Labute approximate surface area is 123 Å². The van der Waals surface area contributed by atoms with E-state index in [1.54, 1.807) is 6.20 Å². The van der Waals surface area contributed by atoms with E-state index in [1.807, 2.05) is 32.0 Å². The van der Waals surface area contributed by atoms with Gasteiger partial charge in [0, 0.05) is 12.4 Å². The highest BCUT2D eigenvalue weighted by Gasteiger charge is 2.32. The fraction of sp³-hybridized carbons (Fsp3) is 0.286. The predicted octanol–water partition coefficient (Wildman–Crippen LogP) is 1.14. The van der Waals surface area contributed by atoms with Gasteiger partial charge in [-0.3, -0.25) is 9.36 Å². The minimum atomic E-state index is -3.93. The first kappa shape index (κ1) is 15.2. The third-order valence-electron chi connectivity index (χ3n) is 3.35. The van der Waals surface area contributed by atoms with Gasteiger partial charge in [0.1, 0.15) is 5.25 Å². The summed E-state index contributed by atoms with van der Waals surface area (Å²) in [5, 5.41) is -1.51. The third kappa shape index (κ3) is 2.69. The molecule has 1 aromatic carbocycles. The minimum Gasteiger partial charge on any atom is -0.369 e. The maximum absolute atomic E-state index is 12.4. The lowest BCUT2D eigenvalue weighted by molar-refractivity contribution is -0.117. The number of nitrogens with two attached hydrogens (primary N) is 1. The number of carbonyl (C=O) groups excluding carboxylic acids is 1. The van der Waals surface area contributed by atoms with E-state index in [-0.39, 0.29) is 5.16 Å².